The zero-order chi connectivity index (χ0) is 19.4. The van der Waals surface area contributed by atoms with E-state index in [9.17, 15) is 22.4 Å². The first-order chi connectivity index (χ1) is 12.9. The maximum atomic E-state index is 13.1. The average molecular weight is 393 g/mol. The third-order valence-corrected chi connectivity index (χ3v) is 6.04. The molecule has 0 saturated carbocycles. The van der Waals surface area contributed by atoms with E-state index >= 15 is 0 Å². The lowest BCUT2D eigenvalue weighted by Gasteiger charge is -2.27. The van der Waals surface area contributed by atoms with Crippen LogP contribution in [0.3, 0.4) is 0 Å². The van der Waals surface area contributed by atoms with Crippen LogP contribution < -0.4 is 10.5 Å². The molecule has 0 N–H and O–H groups in total. The fourth-order valence-electron chi connectivity index (χ4n) is 2.94. The van der Waals surface area contributed by atoms with E-state index in [2.05, 4.69) is 4.98 Å². The first kappa shape index (κ1) is 19.2. The van der Waals surface area contributed by atoms with Crippen LogP contribution in [0.25, 0.3) is 0 Å². The highest BCUT2D eigenvalue weighted by Crippen LogP contribution is 2.13. The van der Waals surface area contributed by atoms with Crippen molar-refractivity contribution in [2.45, 2.75) is 19.4 Å². The monoisotopic (exact) mass is 393 g/mol. The summed E-state index contributed by atoms with van der Waals surface area (Å²) in [6.45, 7) is 0.644. The number of rotatable bonds is 6. The molecule has 7 nitrogen and oxygen atoms in total. The third-order valence-electron chi connectivity index (χ3n) is 4.43. The van der Waals surface area contributed by atoms with Gasteiger partial charge in [-0.15, -0.1) is 0 Å². The van der Waals surface area contributed by atoms with Crippen LogP contribution in [0.2, 0.25) is 0 Å². The van der Waals surface area contributed by atoms with Crippen molar-refractivity contribution in [1.82, 2.24) is 9.55 Å². The molecule has 1 aromatic carbocycles. The number of nitrogens with zero attached hydrogens (tertiary/aromatic N) is 3. The lowest BCUT2D eigenvalue weighted by Crippen LogP contribution is -2.44. The van der Waals surface area contributed by atoms with E-state index in [0.717, 1.165) is 11.8 Å². The van der Waals surface area contributed by atoms with E-state index in [4.69, 9.17) is 0 Å². The number of carbonyl (C=O) groups excluding carboxylic acids is 1. The zero-order valence-electron chi connectivity index (χ0n) is 14.7. The van der Waals surface area contributed by atoms with Gasteiger partial charge in [0.1, 0.15) is 12.1 Å². The summed E-state index contributed by atoms with van der Waals surface area (Å²) in [7, 11) is -3.08. The van der Waals surface area contributed by atoms with Crippen molar-refractivity contribution in [1.29, 1.82) is 0 Å². The molecule has 1 aliphatic heterocycles. The number of halogens is 1. The Kier molecular flexibility index (Phi) is 5.69. The zero-order valence-corrected chi connectivity index (χ0v) is 15.5. The largest absolute Gasteiger partial charge is 0.350 e. The predicted octanol–water partition coefficient (Wildman–Crippen LogP) is 0.797. The number of sulfone groups is 1. The molecule has 2 aromatic rings. The summed E-state index contributed by atoms with van der Waals surface area (Å²) in [5, 5.41) is 0. The maximum Gasteiger partial charge on any atom is 0.293 e. The lowest BCUT2D eigenvalue weighted by atomic mass is 10.2. The van der Waals surface area contributed by atoms with Gasteiger partial charge in [-0.1, -0.05) is 12.1 Å². The normalized spacial score (nSPS) is 16.3. The molecule has 144 valence electrons. The van der Waals surface area contributed by atoms with Gasteiger partial charge >= 0.3 is 0 Å². The molecule has 1 aromatic heterocycles. The SMILES string of the molecule is O=CCCc1cn(Cc2ccc(F)cc2)c(=O)c(N2CCS(=O)(=O)CC2)n1. The van der Waals surface area contributed by atoms with Crippen molar-refractivity contribution >= 4 is 21.9 Å². The van der Waals surface area contributed by atoms with Gasteiger partial charge in [-0.3, -0.25) is 4.79 Å². The Bertz CT molecular complexity index is 973. The van der Waals surface area contributed by atoms with Gasteiger partial charge in [-0.05, 0) is 24.1 Å². The molecule has 2 heterocycles. The minimum Gasteiger partial charge on any atom is -0.350 e. The summed E-state index contributed by atoms with van der Waals surface area (Å²) in [5.41, 5.74) is 0.985. The van der Waals surface area contributed by atoms with Gasteiger partial charge in [-0.2, -0.15) is 0 Å². The first-order valence-corrected chi connectivity index (χ1v) is 10.4. The Morgan fingerprint density at radius 3 is 2.44 bits per heavy atom. The molecule has 27 heavy (non-hydrogen) atoms. The minimum absolute atomic E-state index is 0.0232. The summed E-state index contributed by atoms with van der Waals surface area (Å²) in [4.78, 5) is 29.6. The summed E-state index contributed by atoms with van der Waals surface area (Å²) in [6.07, 6.45) is 3.03. The standard InChI is InChI=1S/C18H20FN3O4S/c19-15-5-3-14(4-6-15)12-22-13-16(2-1-9-23)20-17(18(22)24)21-7-10-27(25,26)11-8-21/h3-6,9,13H,1-2,7-8,10-12H2. The van der Waals surface area contributed by atoms with Crippen LogP contribution in [0.15, 0.2) is 35.3 Å². The molecule has 0 bridgehead atoms. The van der Waals surface area contributed by atoms with Crippen LogP contribution in [0.4, 0.5) is 10.2 Å². The smallest absolute Gasteiger partial charge is 0.293 e. The maximum absolute atomic E-state index is 13.1. The fraction of sp³-hybridized carbons (Fsp3) is 0.389. The van der Waals surface area contributed by atoms with Gasteiger partial charge in [0.05, 0.1) is 23.7 Å². The number of anilines is 1. The number of aldehydes is 1. The summed E-state index contributed by atoms with van der Waals surface area (Å²) in [6, 6.07) is 5.84. The highest BCUT2D eigenvalue weighted by atomic mass is 32.2. The molecule has 0 amide bonds. The van der Waals surface area contributed by atoms with Crippen molar-refractivity contribution in [2.75, 3.05) is 29.5 Å². The van der Waals surface area contributed by atoms with Crippen LogP contribution in [0.5, 0.6) is 0 Å². The summed E-state index contributed by atoms with van der Waals surface area (Å²) < 4.78 is 37.9. The molecule has 9 heteroatoms. The van der Waals surface area contributed by atoms with Crippen LogP contribution in [-0.4, -0.2) is 48.9 Å². The second kappa shape index (κ2) is 7.99. The Balaban J connectivity index is 1.95. The van der Waals surface area contributed by atoms with Gasteiger partial charge in [0, 0.05) is 25.7 Å². The van der Waals surface area contributed by atoms with Gasteiger partial charge in [0.25, 0.3) is 5.56 Å². The Morgan fingerprint density at radius 1 is 1.15 bits per heavy atom. The van der Waals surface area contributed by atoms with E-state index in [1.807, 2.05) is 0 Å². The van der Waals surface area contributed by atoms with Gasteiger partial charge < -0.3 is 14.3 Å². The molecule has 1 aliphatic rings. The lowest BCUT2D eigenvalue weighted by molar-refractivity contribution is -0.107. The van der Waals surface area contributed by atoms with E-state index in [1.165, 1.54) is 16.7 Å². The van der Waals surface area contributed by atoms with Crippen LogP contribution in [0, 0.1) is 5.82 Å². The Labute approximate surface area is 156 Å². The van der Waals surface area contributed by atoms with Crippen molar-refractivity contribution < 1.29 is 17.6 Å². The molecule has 0 radical (unpaired) electrons. The first-order valence-electron chi connectivity index (χ1n) is 8.62. The molecule has 3 rings (SSSR count). The van der Waals surface area contributed by atoms with Crippen LogP contribution >= 0.6 is 0 Å². The molecule has 0 atom stereocenters. The van der Waals surface area contributed by atoms with E-state index in [-0.39, 0.29) is 54.8 Å². The highest BCUT2D eigenvalue weighted by molar-refractivity contribution is 7.91. The molecular formula is C18H20FN3O4S. The van der Waals surface area contributed by atoms with Gasteiger partial charge in [0.2, 0.25) is 0 Å². The average Bonchev–Trinajstić information content (AvgIpc) is 2.64. The van der Waals surface area contributed by atoms with E-state index in [1.54, 1.807) is 23.2 Å². The molecule has 0 aliphatic carbocycles. The number of aryl methyl sites for hydroxylation is 1. The molecule has 1 saturated heterocycles. The summed E-state index contributed by atoms with van der Waals surface area (Å²) >= 11 is 0. The quantitative estimate of drug-likeness (QED) is 0.675. The molecular weight excluding hydrogens is 373 g/mol. The number of benzene rings is 1. The number of aromatic nitrogens is 2. The fourth-order valence-corrected chi connectivity index (χ4v) is 4.14. The number of hydrogen-bond donors (Lipinski definition) is 0. The Morgan fingerprint density at radius 2 is 1.81 bits per heavy atom. The molecule has 0 unspecified atom stereocenters. The second-order valence-electron chi connectivity index (χ2n) is 6.46. The van der Waals surface area contributed by atoms with Crippen LogP contribution in [-0.2, 0) is 27.6 Å². The Hall–Kier alpha value is -2.55. The van der Waals surface area contributed by atoms with Gasteiger partial charge in [0.15, 0.2) is 15.7 Å². The summed E-state index contributed by atoms with van der Waals surface area (Å²) in [5.74, 6) is -0.215. The number of hydrogen-bond acceptors (Lipinski definition) is 6. The van der Waals surface area contributed by atoms with Crippen LogP contribution in [0.1, 0.15) is 17.7 Å². The van der Waals surface area contributed by atoms with Crippen molar-refractivity contribution in [3.8, 4) is 0 Å². The predicted molar refractivity (Wildman–Crippen MR) is 99.3 cm³/mol. The topological polar surface area (TPSA) is 89.3 Å². The third kappa shape index (κ3) is 4.79. The van der Waals surface area contributed by atoms with E-state index in [0.29, 0.717) is 12.1 Å². The number of carbonyl (C=O) groups is 1. The second-order valence-corrected chi connectivity index (χ2v) is 8.76. The van der Waals surface area contributed by atoms with Crippen molar-refractivity contribution in [2.24, 2.45) is 0 Å². The van der Waals surface area contributed by atoms with Crippen molar-refractivity contribution in [3.05, 3.63) is 57.9 Å². The molecule has 0 spiro atoms. The minimum atomic E-state index is -3.08. The van der Waals surface area contributed by atoms with Crippen molar-refractivity contribution in [3.63, 3.8) is 0 Å². The highest BCUT2D eigenvalue weighted by Gasteiger charge is 2.25. The van der Waals surface area contributed by atoms with E-state index < -0.39 is 9.84 Å². The van der Waals surface area contributed by atoms with Gasteiger partial charge in [-0.25, -0.2) is 17.8 Å². The molecule has 1 fully saturated rings.